The third-order valence-electron chi connectivity index (χ3n) is 3.23. The lowest BCUT2D eigenvalue weighted by molar-refractivity contribution is 0.485. The molecule has 0 nitrogen and oxygen atoms in total. The van der Waals surface area contributed by atoms with Gasteiger partial charge < -0.3 is 0 Å². The number of rotatable bonds is 7. The lowest BCUT2D eigenvalue weighted by Crippen LogP contribution is -2.31. The Morgan fingerprint density at radius 1 is 1.18 bits per heavy atom. The molecule has 0 spiro atoms. The molecule has 0 atom stereocenters. The van der Waals surface area contributed by atoms with Crippen LogP contribution in [-0.2, 0) is 5.41 Å². The Hall–Kier alpha value is 0.150. The molecule has 0 unspecified atom stereocenters. The predicted molar refractivity (Wildman–Crippen MR) is 81.9 cm³/mol. The van der Waals surface area contributed by atoms with Gasteiger partial charge in [0.1, 0.15) is 0 Å². The van der Waals surface area contributed by atoms with E-state index in [0.717, 1.165) is 12.8 Å². The average Bonchev–Trinajstić information content (AvgIpc) is 2.36. The van der Waals surface area contributed by atoms with Crippen LogP contribution in [0.1, 0.15) is 24.0 Å². The molecule has 0 heterocycles. The molecule has 1 rings (SSSR count). The van der Waals surface area contributed by atoms with Gasteiger partial charge in [-0.3, -0.25) is 0 Å². The summed E-state index contributed by atoms with van der Waals surface area (Å²) in [6.07, 6.45) is 4.36. The first-order chi connectivity index (χ1) is 8.20. The van der Waals surface area contributed by atoms with Gasteiger partial charge in [-0.05, 0) is 42.9 Å². The van der Waals surface area contributed by atoms with Crippen molar-refractivity contribution < 1.29 is 0 Å². The van der Waals surface area contributed by atoms with Crippen LogP contribution < -0.4 is 0 Å². The lowest BCUT2D eigenvalue weighted by atomic mass is 9.78. The normalized spacial score (nSPS) is 11.8. The molecule has 0 aliphatic carbocycles. The smallest absolute Gasteiger partial charge is 0.0332 e. The molecule has 0 aliphatic rings. The van der Waals surface area contributed by atoms with Crippen LogP contribution in [-0.4, -0.2) is 23.8 Å². The minimum absolute atomic E-state index is 0.0653. The van der Waals surface area contributed by atoms with Crippen molar-refractivity contribution in [1.29, 1.82) is 0 Å². The zero-order chi connectivity index (χ0) is 12.7. The van der Waals surface area contributed by atoms with Crippen LogP contribution in [0.2, 0.25) is 0 Å². The molecule has 0 radical (unpaired) electrons. The van der Waals surface area contributed by atoms with E-state index < -0.39 is 0 Å². The standard InChI is InChI=1S/C14H20Cl2S/c1-12-6-3-4-7-13(12)14(10-15,11-16)8-5-9-17-2/h3-4,6-7H,5,8-11H2,1-2H3. The van der Waals surface area contributed by atoms with Crippen LogP contribution in [0.3, 0.4) is 0 Å². The summed E-state index contributed by atoms with van der Waals surface area (Å²) in [6, 6.07) is 8.44. The second kappa shape index (κ2) is 7.56. The highest BCUT2D eigenvalue weighted by atomic mass is 35.5. The summed E-state index contributed by atoms with van der Waals surface area (Å²) in [5.41, 5.74) is 2.54. The molecule has 17 heavy (non-hydrogen) atoms. The molecule has 0 amide bonds. The number of hydrogen-bond acceptors (Lipinski definition) is 1. The monoisotopic (exact) mass is 290 g/mol. The van der Waals surface area contributed by atoms with Crippen LogP contribution in [0, 0.1) is 6.92 Å². The van der Waals surface area contributed by atoms with Crippen LogP contribution in [0.5, 0.6) is 0 Å². The zero-order valence-corrected chi connectivity index (χ0v) is 12.8. The molecule has 1 aromatic rings. The van der Waals surface area contributed by atoms with E-state index in [-0.39, 0.29) is 5.41 Å². The Labute approximate surface area is 119 Å². The van der Waals surface area contributed by atoms with E-state index in [4.69, 9.17) is 23.2 Å². The Balaban J connectivity index is 2.94. The van der Waals surface area contributed by atoms with Crippen LogP contribution in [0.4, 0.5) is 0 Å². The van der Waals surface area contributed by atoms with Crippen molar-refractivity contribution in [2.75, 3.05) is 23.8 Å². The lowest BCUT2D eigenvalue weighted by Gasteiger charge is -2.31. The average molecular weight is 291 g/mol. The highest BCUT2D eigenvalue weighted by Gasteiger charge is 2.31. The van der Waals surface area contributed by atoms with Gasteiger partial charge in [0.25, 0.3) is 0 Å². The molecular formula is C14H20Cl2S. The largest absolute Gasteiger partial charge is 0.165 e. The van der Waals surface area contributed by atoms with Gasteiger partial charge in [-0.15, -0.1) is 23.2 Å². The number of thioether (sulfide) groups is 1. The van der Waals surface area contributed by atoms with Gasteiger partial charge in [-0.25, -0.2) is 0 Å². The summed E-state index contributed by atoms with van der Waals surface area (Å²) in [7, 11) is 0. The second-order valence-corrected chi connectivity index (χ2v) is 5.98. The summed E-state index contributed by atoms with van der Waals surface area (Å²) in [4.78, 5) is 0. The third-order valence-corrected chi connectivity index (χ3v) is 4.95. The second-order valence-electron chi connectivity index (χ2n) is 4.46. The summed E-state index contributed by atoms with van der Waals surface area (Å²) in [5, 5.41) is 0. The first-order valence-corrected chi connectivity index (χ1v) is 8.33. The maximum Gasteiger partial charge on any atom is 0.0332 e. The van der Waals surface area contributed by atoms with Gasteiger partial charge in [-0.2, -0.15) is 11.8 Å². The fourth-order valence-electron chi connectivity index (χ4n) is 2.17. The SMILES string of the molecule is CSCCCC(CCl)(CCl)c1ccccc1C. The van der Waals surface area contributed by atoms with Crippen molar-refractivity contribution in [3.05, 3.63) is 35.4 Å². The van der Waals surface area contributed by atoms with E-state index in [1.165, 1.54) is 16.9 Å². The fourth-order valence-corrected chi connectivity index (χ4v) is 3.44. The zero-order valence-electron chi connectivity index (χ0n) is 10.5. The third kappa shape index (κ3) is 3.81. The Bertz CT molecular complexity index is 335. The van der Waals surface area contributed by atoms with Crippen molar-refractivity contribution in [2.24, 2.45) is 0 Å². The van der Waals surface area contributed by atoms with Crippen molar-refractivity contribution >= 4 is 35.0 Å². The minimum atomic E-state index is -0.0653. The Kier molecular flexibility index (Phi) is 6.76. The van der Waals surface area contributed by atoms with Gasteiger partial charge >= 0.3 is 0 Å². The van der Waals surface area contributed by atoms with Crippen molar-refractivity contribution in [3.63, 3.8) is 0 Å². The highest BCUT2D eigenvalue weighted by Crippen LogP contribution is 2.34. The highest BCUT2D eigenvalue weighted by molar-refractivity contribution is 7.98. The van der Waals surface area contributed by atoms with Gasteiger partial charge in [0.15, 0.2) is 0 Å². The molecule has 0 aromatic heterocycles. The summed E-state index contributed by atoms with van der Waals surface area (Å²) in [6.45, 7) is 2.14. The molecule has 0 saturated heterocycles. The van der Waals surface area contributed by atoms with Gasteiger partial charge in [0.2, 0.25) is 0 Å². The van der Waals surface area contributed by atoms with Crippen molar-refractivity contribution in [3.8, 4) is 0 Å². The Morgan fingerprint density at radius 3 is 2.35 bits per heavy atom. The van der Waals surface area contributed by atoms with E-state index in [9.17, 15) is 0 Å². The molecule has 0 N–H and O–H groups in total. The maximum absolute atomic E-state index is 6.22. The molecule has 3 heteroatoms. The summed E-state index contributed by atoms with van der Waals surface area (Å²) < 4.78 is 0. The summed E-state index contributed by atoms with van der Waals surface area (Å²) in [5.74, 6) is 2.35. The maximum atomic E-state index is 6.22. The van der Waals surface area contributed by atoms with Crippen molar-refractivity contribution in [2.45, 2.75) is 25.2 Å². The molecule has 1 aromatic carbocycles. The van der Waals surface area contributed by atoms with Crippen molar-refractivity contribution in [1.82, 2.24) is 0 Å². The van der Waals surface area contributed by atoms with E-state index >= 15 is 0 Å². The number of halogens is 2. The number of hydrogen-bond donors (Lipinski definition) is 0. The number of alkyl halides is 2. The quantitative estimate of drug-likeness (QED) is 0.511. The van der Waals surface area contributed by atoms with Crippen LogP contribution in [0.15, 0.2) is 24.3 Å². The molecule has 0 fully saturated rings. The van der Waals surface area contributed by atoms with Gasteiger partial charge in [0.05, 0.1) is 0 Å². The van der Waals surface area contributed by atoms with E-state index in [1.54, 1.807) is 0 Å². The molecular weight excluding hydrogens is 271 g/mol. The summed E-state index contributed by atoms with van der Waals surface area (Å²) >= 11 is 14.3. The first kappa shape index (κ1) is 15.2. The first-order valence-electron chi connectivity index (χ1n) is 5.87. The number of aryl methyl sites for hydroxylation is 1. The van der Waals surface area contributed by atoms with E-state index in [0.29, 0.717) is 11.8 Å². The van der Waals surface area contributed by atoms with Gasteiger partial charge in [0, 0.05) is 17.2 Å². The molecule has 0 saturated carbocycles. The molecule has 0 bridgehead atoms. The van der Waals surface area contributed by atoms with Crippen LogP contribution in [0.25, 0.3) is 0 Å². The molecule has 96 valence electrons. The topological polar surface area (TPSA) is 0 Å². The van der Waals surface area contributed by atoms with E-state index in [2.05, 4.69) is 37.4 Å². The van der Waals surface area contributed by atoms with Crippen LogP contribution >= 0.6 is 35.0 Å². The predicted octanol–water partition coefficient (Wildman–Crippen LogP) is 4.85. The fraction of sp³-hybridized carbons (Fsp3) is 0.571. The van der Waals surface area contributed by atoms with Gasteiger partial charge in [-0.1, -0.05) is 24.3 Å². The Morgan fingerprint density at radius 2 is 1.82 bits per heavy atom. The van der Waals surface area contributed by atoms with E-state index in [1.807, 2.05) is 11.8 Å². The number of benzene rings is 1. The molecule has 0 aliphatic heterocycles. The minimum Gasteiger partial charge on any atom is -0.165 e.